The van der Waals surface area contributed by atoms with Crippen molar-refractivity contribution in [2.24, 2.45) is 11.3 Å². The zero-order chi connectivity index (χ0) is 15.7. The summed E-state index contributed by atoms with van der Waals surface area (Å²) in [6.07, 6.45) is 5.51. The van der Waals surface area contributed by atoms with Crippen molar-refractivity contribution in [1.29, 1.82) is 0 Å². The van der Waals surface area contributed by atoms with Crippen molar-refractivity contribution in [3.8, 4) is 10.8 Å². The number of aromatic nitrogens is 1. The lowest BCUT2D eigenvalue weighted by Gasteiger charge is -2.39. The Morgan fingerprint density at radius 1 is 1.45 bits per heavy atom. The molecule has 0 bridgehead atoms. The molecule has 2 aromatic heterocycles. The van der Waals surface area contributed by atoms with Crippen LogP contribution in [0.2, 0.25) is 5.02 Å². The summed E-state index contributed by atoms with van der Waals surface area (Å²) in [5, 5.41) is 6.30. The van der Waals surface area contributed by atoms with E-state index in [-0.39, 0.29) is 0 Å². The molecule has 0 saturated heterocycles. The summed E-state index contributed by atoms with van der Waals surface area (Å²) in [6, 6.07) is 2.43. The van der Waals surface area contributed by atoms with E-state index >= 15 is 0 Å². The standard InChI is InChI=1S/C17H23ClN2OS/c1-11-6-12(8-17(2,3)7-11)19-9-13-10-21-16(20-13)15-14(18)4-5-22-15/h4-5,10-12,19H,6-9H2,1-3H3. The van der Waals surface area contributed by atoms with E-state index in [1.165, 1.54) is 19.3 Å². The predicted octanol–water partition coefficient (Wildman–Crippen LogP) is 5.36. The first kappa shape index (κ1) is 16.0. The van der Waals surface area contributed by atoms with Gasteiger partial charge in [-0.3, -0.25) is 0 Å². The largest absolute Gasteiger partial charge is 0.443 e. The summed E-state index contributed by atoms with van der Waals surface area (Å²) < 4.78 is 5.57. The number of nitrogens with one attached hydrogen (secondary N) is 1. The molecule has 1 fully saturated rings. The fraction of sp³-hybridized carbons (Fsp3) is 0.588. The number of rotatable bonds is 4. The highest BCUT2D eigenvalue weighted by molar-refractivity contribution is 7.14. The van der Waals surface area contributed by atoms with Crippen LogP contribution in [0.5, 0.6) is 0 Å². The van der Waals surface area contributed by atoms with Crippen LogP contribution in [0.1, 0.15) is 45.7 Å². The molecule has 5 heteroatoms. The van der Waals surface area contributed by atoms with E-state index < -0.39 is 0 Å². The minimum absolute atomic E-state index is 0.425. The Balaban J connectivity index is 1.60. The Morgan fingerprint density at radius 3 is 2.95 bits per heavy atom. The van der Waals surface area contributed by atoms with Crippen LogP contribution >= 0.6 is 22.9 Å². The predicted molar refractivity (Wildman–Crippen MR) is 92.2 cm³/mol. The molecule has 2 aromatic rings. The van der Waals surface area contributed by atoms with Crippen LogP contribution in [0.3, 0.4) is 0 Å². The second kappa shape index (κ2) is 6.34. The summed E-state index contributed by atoms with van der Waals surface area (Å²) in [5.74, 6) is 1.40. The number of oxazole rings is 1. The van der Waals surface area contributed by atoms with E-state index in [9.17, 15) is 0 Å². The molecule has 2 atom stereocenters. The maximum absolute atomic E-state index is 6.12. The highest BCUT2D eigenvalue weighted by atomic mass is 35.5. The Morgan fingerprint density at radius 2 is 2.27 bits per heavy atom. The molecule has 0 amide bonds. The van der Waals surface area contributed by atoms with E-state index in [0.29, 0.717) is 22.4 Å². The third-order valence-electron chi connectivity index (χ3n) is 4.32. The van der Waals surface area contributed by atoms with Gasteiger partial charge in [0, 0.05) is 12.6 Å². The maximum Gasteiger partial charge on any atom is 0.238 e. The van der Waals surface area contributed by atoms with Crippen LogP contribution < -0.4 is 5.32 Å². The molecule has 3 rings (SSSR count). The third kappa shape index (κ3) is 3.73. The highest BCUT2D eigenvalue weighted by Crippen LogP contribution is 2.38. The molecule has 0 spiro atoms. The summed E-state index contributed by atoms with van der Waals surface area (Å²) in [5.41, 5.74) is 1.37. The van der Waals surface area contributed by atoms with Gasteiger partial charge in [-0.05, 0) is 42.0 Å². The Hall–Kier alpha value is -0.840. The lowest BCUT2D eigenvalue weighted by atomic mass is 9.70. The minimum atomic E-state index is 0.425. The summed E-state index contributed by atoms with van der Waals surface area (Å²) in [7, 11) is 0. The number of hydrogen-bond donors (Lipinski definition) is 1. The topological polar surface area (TPSA) is 38.1 Å². The average Bonchev–Trinajstić information content (AvgIpc) is 3.02. The molecular formula is C17H23ClN2OS. The molecule has 0 aromatic carbocycles. The van der Waals surface area contributed by atoms with Crippen LogP contribution in [0.4, 0.5) is 0 Å². The fourth-order valence-corrected chi connectivity index (χ4v) is 4.76. The zero-order valence-electron chi connectivity index (χ0n) is 13.4. The van der Waals surface area contributed by atoms with Crippen LogP contribution in [-0.2, 0) is 6.54 Å². The van der Waals surface area contributed by atoms with Gasteiger partial charge >= 0.3 is 0 Å². The number of hydrogen-bond acceptors (Lipinski definition) is 4. The second-order valence-electron chi connectivity index (χ2n) is 7.23. The zero-order valence-corrected chi connectivity index (χ0v) is 14.9. The first-order chi connectivity index (χ1) is 10.4. The van der Waals surface area contributed by atoms with Gasteiger partial charge in [-0.15, -0.1) is 11.3 Å². The van der Waals surface area contributed by atoms with Crippen molar-refractivity contribution in [2.45, 2.75) is 52.6 Å². The lowest BCUT2D eigenvalue weighted by Crippen LogP contribution is -2.39. The average molecular weight is 339 g/mol. The quantitative estimate of drug-likeness (QED) is 0.815. The number of halogens is 1. The van der Waals surface area contributed by atoms with Crippen LogP contribution in [0, 0.1) is 11.3 Å². The first-order valence-electron chi connectivity index (χ1n) is 7.84. The summed E-state index contributed by atoms with van der Waals surface area (Å²) in [6.45, 7) is 7.83. The van der Waals surface area contributed by atoms with Gasteiger partial charge in [0.2, 0.25) is 5.89 Å². The maximum atomic E-state index is 6.12. The van der Waals surface area contributed by atoms with Gasteiger partial charge in [-0.2, -0.15) is 0 Å². The number of thiophene rings is 1. The van der Waals surface area contributed by atoms with Gasteiger partial charge in [-0.1, -0.05) is 32.4 Å². The van der Waals surface area contributed by atoms with E-state index in [1.54, 1.807) is 17.6 Å². The molecular weight excluding hydrogens is 316 g/mol. The van der Waals surface area contributed by atoms with Crippen molar-refractivity contribution in [3.05, 3.63) is 28.4 Å². The first-order valence-corrected chi connectivity index (χ1v) is 9.10. The minimum Gasteiger partial charge on any atom is -0.443 e. The molecule has 3 nitrogen and oxygen atoms in total. The molecule has 0 radical (unpaired) electrons. The third-order valence-corrected chi connectivity index (χ3v) is 5.65. The normalized spacial score (nSPS) is 24.5. The van der Waals surface area contributed by atoms with Crippen molar-refractivity contribution < 1.29 is 4.42 Å². The van der Waals surface area contributed by atoms with Gasteiger partial charge in [0.05, 0.1) is 10.7 Å². The van der Waals surface area contributed by atoms with Crippen LogP contribution in [-0.4, -0.2) is 11.0 Å². The van der Waals surface area contributed by atoms with Gasteiger partial charge < -0.3 is 9.73 Å². The van der Waals surface area contributed by atoms with Crippen LogP contribution in [0.15, 0.2) is 22.1 Å². The lowest BCUT2D eigenvalue weighted by molar-refractivity contribution is 0.150. The molecule has 2 heterocycles. The van der Waals surface area contributed by atoms with Gasteiger partial charge in [-0.25, -0.2) is 4.98 Å². The number of nitrogens with zero attached hydrogens (tertiary/aromatic N) is 1. The van der Waals surface area contributed by atoms with Crippen molar-refractivity contribution in [3.63, 3.8) is 0 Å². The smallest absolute Gasteiger partial charge is 0.238 e. The van der Waals surface area contributed by atoms with E-state index in [4.69, 9.17) is 16.0 Å². The summed E-state index contributed by atoms with van der Waals surface area (Å²) >= 11 is 7.68. The van der Waals surface area contributed by atoms with Crippen molar-refractivity contribution in [2.75, 3.05) is 0 Å². The molecule has 1 N–H and O–H groups in total. The van der Waals surface area contributed by atoms with Gasteiger partial charge in [0.15, 0.2) is 0 Å². The molecule has 2 unspecified atom stereocenters. The Bertz CT molecular complexity index is 634. The molecule has 1 saturated carbocycles. The molecule has 1 aliphatic rings. The molecule has 0 aliphatic heterocycles. The molecule has 1 aliphatic carbocycles. The molecule has 120 valence electrons. The van der Waals surface area contributed by atoms with E-state index in [1.807, 2.05) is 11.4 Å². The Kier molecular flexibility index (Phi) is 4.62. The summed E-state index contributed by atoms with van der Waals surface area (Å²) in [4.78, 5) is 5.45. The van der Waals surface area contributed by atoms with Crippen LogP contribution in [0.25, 0.3) is 10.8 Å². The molecule has 22 heavy (non-hydrogen) atoms. The van der Waals surface area contributed by atoms with Crippen molar-refractivity contribution >= 4 is 22.9 Å². The van der Waals surface area contributed by atoms with Crippen molar-refractivity contribution in [1.82, 2.24) is 10.3 Å². The second-order valence-corrected chi connectivity index (χ2v) is 8.56. The monoisotopic (exact) mass is 338 g/mol. The fourth-order valence-electron chi connectivity index (χ4n) is 3.69. The van der Waals surface area contributed by atoms with Gasteiger partial charge in [0.1, 0.15) is 11.1 Å². The highest BCUT2D eigenvalue weighted by Gasteiger charge is 2.31. The SMILES string of the molecule is CC1CC(NCc2coc(-c3sccc3Cl)n2)CC(C)(C)C1. The Labute approximate surface area is 141 Å². The van der Waals surface area contributed by atoms with E-state index in [2.05, 4.69) is 31.1 Å². The van der Waals surface area contributed by atoms with E-state index in [0.717, 1.165) is 23.0 Å². The van der Waals surface area contributed by atoms with Gasteiger partial charge in [0.25, 0.3) is 0 Å².